The molecule has 182 valence electrons. The molecule has 4 rings (SSSR count). The number of carbonyl (C=O) groups excluding carboxylic acids is 2. The fourth-order valence-corrected chi connectivity index (χ4v) is 7.12. The molecule has 2 amide bonds. The molecule has 33 heavy (non-hydrogen) atoms. The summed E-state index contributed by atoms with van der Waals surface area (Å²) < 4.78 is 3.27. The van der Waals surface area contributed by atoms with E-state index in [1.54, 1.807) is 11.3 Å². The quantitative estimate of drug-likeness (QED) is 0.355. The van der Waals surface area contributed by atoms with Crippen molar-refractivity contribution in [1.82, 2.24) is 14.8 Å². The minimum absolute atomic E-state index is 0.00158. The Kier molecular flexibility index (Phi) is 8.11. The van der Waals surface area contributed by atoms with Gasteiger partial charge in [0, 0.05) is 17.5 Å². The molecular weight excluding hydrogens is 450 g/mol. The van der Waals surface area contributed by atoms with E-state index >= 15 is 0 Å². The standard InChI is InChI=1S/C26H39N3O2S2/c1-4-14-32-15-10-13-29-24(30)22-17-23-21(16-20(5-2)33-23)28(22)18-26(29,3)25(31)27-19-11-8-6-7-9-12-19/h16-17,19H,4-15,18H2,1-3H3,(H,27,31)/t26-/m0/s1. The van der Waals surface area contributed by atoms with Gasteiger partial charge in [0.05, 0.1) is 16.8 Å². The zero-order valence-electron chi connectivity index (χ0n) is 20.5. The van der Waals surface area contributed by atoms with Gasteiger partial charge in [-0.25, -0.2) is 0 Å². The van der Waals surface area contributed by atoms with E-state index in [1.807, 2.05) is 29.7 Å². The van der Waals surface area contributed by atoms with Gasteiger partial charge in [-0.3, -0.25) is 9.59 Å². The van der Waals surface area contributed by atoms with Crippen molar-refractivity contribution >= 4 is 45.1 Å². The van der Waals surface area contributed by atoms with E-state index in [-0.39, 0.29) is 17.9 Å². The summed E-state index contributed by atoms with van der Waals surface area (Å²) in [5.74, 6) is 2.18. The van der Waals surface area contributed by atoms with Gasteiger partial charge in [-0.1, -0.05) is 39.5 Å². The summed E-state index contributed by atoms with van der Waals surface area (Å²) in [7, 11) is 0. The molecule has 7 heteroatoms. The summed E-state index contributed by atoms with van der Waals surface area (Å²) in [6.45, 7) is 7.49. The molecule has 1 atom stereocenters. The molecule has 2 aromatic heterocycles. The molecule has 1 aliphatic heterocycles. The molecule has 3 heterocycles. The lowest BCUT2D eigenvalue weighted by Crippen LogP contribution is -2.65. The zero-order chi connectivity index (χ0) is 23.4. The maximum absolute atomic E-state index is 13.8. The van der Waals surface area contributed by atoms with Crippen LogP contribution in [0.2, 0.25) is 0 Å². The summed E-state index contributed by atoms with van der Waals surface area (Å²) in [5.41, 5.74) is 0.971. The summed E-state index contributed by atoms with van der Waals surface area (Å²) >= 11 is 3.70. The number of thiophene rings is 1. The Morgan fingerprint density at radius 3 is 2.64 bits per heavy atom. The van der Waals surface area contributed by atoms with Crippen LogP contribution in [0, 0.1) is 0 Å². The molecule has 1 fully saturated rings. The summed E-state index contributed by atoms with van der Waals surface area (Å²) in [6, 6.07) is 4.48. The molecule has 1 saturated carbocycles. The zero-order valence-corrected chi connectivity index (χ0v) is 22.1. The number of hydrogen-bond acceptors (Lipinski definition) is 4. The molecule has 2 aromatic rings. The first-order valence-electron chi connectivity index (χ1n) is 12.8. The smallest absolute Gasteiger partial charge is 0.271 e. The summed E-state index contributed by atoms with van der Waals surface area (Å²) in [6.07, 6.45) is 10.0. The van der Waals surface area contributed by atoms with Gasteiger partial charge in [-0.15, -0.1) is 11.3 Å². The van der Waals surface area contributed by atoms with E-state index in [1.165, 1.54) is 37.0 Å². The third-order valence-corrected chi connectivity index (χ3v) is 9.70. The van der Waals surface area contributed by atoms with Gasteiger partial charge in [0.25, 0.3) is 5.91 Å². The van der Waals surface area contributed by atoms with Gasteiger partial charge >= 0.3 is 0 Å². The normalized spacial score (nSPS) is 21.9. The Hall–Kier alpha value is -1.47. The largest absolute Gasteiger partial charge is 0.351 e. The van der Waals surface area contributed by atoms with Gasteiger partial charge < -0.3 is 14.8 Å². The number of nitrogens with zero attached hydrogens (tertiary/aromatic N) is 2. The average molecular weight is 490 g/mol. The number of amides is 2. The van der Waals surface area contributed by atoms with Crippen LogP contribution in [0.25, 0.3) is 10.2 Å². The van der Waals surface area contributed by atoms with Crippen LogP contribution in [0.1, 0.15) is 87.5 Å². The van der Waals surface area contributed by atoms with Crippen LogP contribution in [0.15, 0.2) is 12.1 Å². The molecule has 0 bridgehead atoms. The second kappa shape index (κ2) is 10.9. The second-order valence-corrected chi connectivity index (χ2v) is 12.2. The molecule has 5 nitrogen and oxygen atoms in total. The number of hydrogen-bond donors (Lipinski definition) is 1. The fourth-order valence-electron chi connectivity index (χ4n) is 5.25. The Labute approximate surface area is 206 Å². The number of rotatable bonds is 9. The number of thioether (sulfide) groups is 1. The molecule has 1 N–H and O–H groups in total. The van der Waals surface area contributed by atoms with E-state index in [0.29, 0.717) is 13.1 Å². The molecule has 0 unspecified atom stereocenters. The topological polar surface area (TPSA) is 54.3 Å². The monoisotopic (exact) mass is 489 g/mol. The first-order chi connectivity index (χ1) is 16.0. The summed E-state index contributed by atoms with van der Waals surface area (Å²) in [5, 5.41) is 3.37. The number of aryl methyl sites for hydroxylation is 1. The second-order valence-electron chi connectivity index (χ2n) is 9.79. The first-order valence-corrected chi connectivity index (χ1v) is 14.8. The van der Waals surface area contributed by atoms with Crippen LogP contribution in [0.5, 0.6) is 0 Å². The molecule has 0 saturated heterocycles. The minimum Gasteiger partial charge on any atom is -0.351 e. The van der Waals surface area contributed by atoms with E-state index in [0.717, 1.165) is 53.1 Å². The number of aromatic nitrogens is 1. The highest BCUT2D eigenvalue weighted by atomic mass is 32.2. The van der Waals surface area contributed by atoms with Crippen molar-refractivity contribution in [3.8, 4) is 0 Å². The van der Waals surface area contributed by atoms with Gasteiger partial charge in [0.1, 0.15) is 11.2 Å². The molecule has 0 spiro atoms. The third kappa shape index (κ3) is 5.14. The van der Waals surface area contributed by atoms with E-state index < -0.39 is 5.54 Å². The van der Waals surface area contributed by atoms with E-state index in [9.17, 15) is 9.59 Å². The van der Waals surface area contributed by atoms with Crippen LogP contribution < -0.4 is 5.32 Å². The van der Waals surface area contributed by atoms with Crippen molar-refractivity contribution in [1.29, 1.82) is 0 Å². The maximum atomic E-state index is 13.8. The van der Waals surface area contributed by atoms with Crippen LogP contribution >= 0.6 is 23.1 Å². The Morgan fingerprint density at radius 2 is 1.94 bits per heavy atom. The average Bonchev–Trinajstić information content (AvgIpc) is 3.24. The molecule has 2 aliphatic rings. The highest BCUT2D eigenvalue weighted by Gasteiger charge is 2.48. The van der Waals surface area contributed by atoms with Crippen LogP contribution in [0.4, 0.5) is 0 Å². The first kappa shape index (κ1) is 24.6. The van der Waals surface area contributed by atoms with Crippen molar-refractivity contribution in [2.45, 2.75) is 96.7 Å². The maximum Gasteiger partial charge on any atom is 0.271 e. The van der Waals surface area contributed by atoms with Crippen molar-refractivity contribution in [2.24, 2.45) is 0 Å². The summed E-state index contributed by atoms with van der Waals surface area (Å²) in [4.78, 5) is 30.8. The predicted octanol–water partition coefficient (Wildman–Crippen LogP) is 5.85. The minimum atomic E-state index is -0.869. The lowest BCUT2D eigenvalue weighted by molar-refractivity contribution is -0.133. The van der Waals surface area contributed by atoms with E-state index in [4.69, 9.17) is 0 Å². The predicted molar refractivity (Wildman–Crippen MR) is 141 cm³/mol. The molecule has 0 aromatic carbocycles. The Morgan fingerprint density at radius 1 is 1.18 bits per heavy atom. The highest BCUT2D eigenvalue weighted by Crippen LogP contribution is 2.36. The van der Waals surface area contributed by atoms with Crippen molar-refractivity contribution in [3.05, 3.63) is 22.7 Å². The van der Waals surface area contributed by atoms with Crippen molar-refractivity contribution in [2.75, 3.05) is 18.1 Å². The fraction of sp³-hybridized carbons (Fsp3) is 0.692. The molecule has 1 aliphatic carbocycles. The van der Waals surface area contributed by atoms with Crippen LogP contribution in [-0.2, 0) is 17.8 Å². The van der Waals surface area contributed by atoms with E-state index in [2.05, 4.69) is 29.8 Å². The lowest BCUT2D eigenvalue weighted by atomic mass is 9.93. The van der Waals surface area contributed by atoms with Gasteiger partial charge in [0.15, 0.2) is 0 Å². The molecule has 0 radical (unpaired) electrons. The molecular formula is C26H39N3O2S2. The highest BCUT2D eigenvalue weighted by molar-refractivity contribution is 7.99. The third-order valence-electron chi connectivity index (χ3n) is 7.21. The Balaban J connectivity index is 1.61. The van der Waals surface area contributed by atoms with Crippen LogP contribution in [0.3, 0.4) is 0 Å². The van der Waals surface area contributed by atoms with Crippen molar-refractivity contribution in [3.63, 3.8) is 0 Å². The number of nitrogens with one attached hydrogen (secondary N) is 1. The number of fused-ring (bicyclic) bond motifs is 3. The van der Waals surface area contributed by atoms with Gasteiger partial charge in [-0.2, -0.15) is 11.8 Å². The van der Waals surface area contributed by atoms with Gasteiger partial charge in [0.2, 0.25) is 5.91 Å². The SMILES string of the molecule is CCCSCCCN1C(=O)c2cc3sc(CC)cc3n2C[C@@]1(C)C(=O)NC1CCCCCC1. The van der Waals surface area contributed by atoms with Crippen LogP contribution in [-0.4, -0.2) is 50.9 Å². The van der Waals surface area contributed by atoms with Gasteiger partial charge in [-0.05, 0) is 62.7 Å². The van der Waals surface area contributed by atoms with Crippen molar-refractivity contribution < 1.29 is 9.59 Å². The Bertz CT molecular complexity index is 974. The number of carbonyl (C=O) groups is 2. The lowest BCUT2D eigenvalue weighted by Gasteiger charge is -2.44.